The lowest BCUT2D eigenvalue weighted by Gasteiger charge is -2.36. The van der Waals surface area contributed by atoms with Crippen molar-refractivity contribution in [1.29, 1.82) is 0 Å². The van der Waals surface area contributed by atoms with Gasteiger partial charge in [-0.25, -0.2) is 0 Å². The molecule has 2 aromatic carbocycles. The number of fused-ring (bicyclic) bond motifs is 3. The largest absolute Gasteiger partial charge is 0.392 e. The molecule has 4 rings (SSSR count). The number of thioether (sulfide) groups is 1. The molecule has 0 saturated carbocycles. The third-order valence-electron chi connectivity index (χ3n) is 5.46. The zero-order valence-electron chi connectivity index (χ0n) is 13.3. The summed E-state index contributed by atoms with van der Waals surface area (Å²) in [6, 6.07) is 15.0. The summed E-state index contributed by atoms with van der Waals surface area (Å²) in [7, 11) is 0. The van der Waals surface area contributed by atoms with Gasteiger partial charge in [0.1, 0.15) is 5.78 Å². The summed E-state index contributed by atoms with van der Waals surface area (Å²) in [6.07, 6.45) is 2.08. The average molecular weight is 326 g/mol. The Morgan fingerprint density at radius 1 is 1.17 bits per heavy atom. The summed E-state index contributed by atoms with van der Waals surface area (Å²) in [5, 5.41) is 13.4. The molecular weight excluding hydrogens is 304 g/mol. The predicted octanol–water partition coefficient (Wildman–Crippen LogP) is 4.16. The van der Waals surface area contributed by atoms with Crippen molar-refractivity contribution in [2.75, 3.05) is 0 Å². The van der Waals surface area contributed by atoms with Crippen LogP contribution >= 0.6 is 11.8 Å². The zero-order valence-corrected chi connectivity index (χ0v) is 14.1. The SMILES string of the molecule is CCC(=O)[C@H]1[C@@H](c2ccc3ccccc3c2)CC2CC(O)[C@H]1S2. The van der Waals surface area contributed by atoms with Crippen LogP contribution in [0.4, 0.5) is 0 Å². The first-order chi connectivity index (χ1) is 11.2. The second-order valence-electron chi connectivity index (χ2n) is 6.82. The summed E-state index contributed by atoms with van der Waals surface area (Å²) in [5.41, 5.74) is 1.26. The quantitative estimate of drug-likeness (QED) is 0.920. The number of hydrogen-bond acceptors (Lipinski definition) is 3. The maximum atomic E-state index is 12.6. The van der Waals surface area contributed by atoms with Gasteiger partial charge in [0.15, 0.2) is 0 Å². The molecular formula is C20H22O2S. The number of benzene rings is 2. The van der Waals surface area contributed by atoms with Crippen LogP contribution in [0.25, 0.3) is 10.8 Å². The number of Topliss-reactive ketones (excluding diaryl/α,β-unsaturated/α-hetero) is 1. The molecule has 2 aromatic rings. The molecule has 0 aliphatic carbocycles. The fourth-order valence-electron chi connectivity index (χ4n) is 4.33. The fourth-order valence-corrected chi connectivity index (χ4v) is 6.21. The Morgan fingerprint density at radius 2 is 1.96 bits per heavy atom. The highest BCUT2D eigenvalue weighted by molar-refractivity contribution is 8.00. The molecule has 2 aliphatic heterocycles. The number of carbonyl (C=O) groups is 1. The first-order valence-electron chi connectivity index (χ1n) is 8.52. The number of rotatable bonds is 3. The summed E-state index contributed by atoms with van der Waals surface area (Å²) in [4.78, 5) is 12.6. The fraction of sp³-hybridized carbons (Fsp3) is 0.450. The molecule has 2 nitrogen and oxygen atoms in total. The lowest BCUT2D eigenvalue weighted by atomic mass is 9.78. The molecule has 3 heteroatoms. The molecule has 2 bridgehead atoms. The molecule has 5 atom stereocenters. The van der Waals surface area contributed by atoms with E-state index in [1.54, 1.807) is 0 Å². The first kappa shape index (κ1) is 15.2. The van der Waals surface area contributed by atoms with Gasteiger partial charge in [0.25, 0.3) is 0 Å². The van der Waals surface area contributed by atoms with Crippen molar-refractivity contribution in [2.45, 2.75) is 48.7 Å². The van der Waals surface area contributed by atoms with Crippen LogP contribution in [0.5, 0.6) is 0 Å². The van der Waals surface area contributed by atoms with Gasteiger partial charge in [-0.15, -0.1) is 0 Å². The van der Waals surface area contributed by atoms with Gasteiger partial charge in [-0.3, -0.25) is 4.79 Å². The number of carbonyl (C=O) groups excluding carboxylic acids is 1. The van der Waals surface area contributed by atoms with Crippen LogP contribution in [-0.4, -0.2) is 27.5 Å². The molecule has 23 heavy (non-hydrogen) atoms. The Labute approximate surface area is 141 Å². The second kappa shape index (κ2) is 5.95. The molecule has 120 valence electrons. The molecule has 2 aliphatic rings. The van der Waals surface area contributed by atoms with E-state index in [-0.39, 0.29) is 23.2 Å². The molecule has 0 aromatic heterocycles. The zero-order chi connectivity index (χ0) is 16.0. The molecule has 2 heterocycles. The maximum Gasteiger partial charge on any atom is 0.137 e. The second-order valence-corrected chi connectivity index (χ2v) is 8.30. The monoisotopic (exact) mass is 326 g/mol. The molecule has 2 fully saturated rings. The average Bonchev–Trinajstić information content (AvgIpc) is 2.88. The normalized spacial score (nSPS) is 33.0. The van der Waals surface area contributed by atoms with Crippen LogP contribution < -0.4 is 0 Å². The minimum absolute atomic E-state index is 0.0417. The highest BCUT2D eigenvalue weighted by atomic mass is 32.2. The van der Waals surface area contributed by atoms with Crippen molar-refractivity contribution in [3.05, 3.63) is 48.0 Å². The Balaban J connectivity index is 1.76. The van der Waals surface area contributed by atoms with E-state index in [4.69, 9.17) is 0 Å². The smallest absolute Gasteiger partial charge is 0.137 e. The maximum absolute atomic E-state index is 12.6. The van der Waals surface area contributed by atoms with Gasteiger partial charge in [0.2, 0.25) is 0 Å². The van der Waals surface area contributed by atoms with E-state index in [0.717, 1.165) is 12.8 Å². The summed E-state index contributed by atoms with van der Waals surface area (Å²) < 4.78 is 0. The van der Waals surface area contributed by atoms with Crippen LogP contribution in [0.15, 0.2) is 42.5 Å². The Morgan fingerprint density at radius 3 is 2.74 bits per heavy atom. The lowest BCUT2D eigenvalue weighted by molar-refractivity contribution is -0.123. The van der Waals surface area contributed by atoms with Gasteiger partial charge in [0.05, 0.1) is 6.10 Å². The van der Waals surface area contributed by atoms with Crippen molar-refractivity contribution >= 4 is 28.3 Å². The van der Waals surface area contributed by atoms with Gasteiger partial charge in [-0.05, 0) is 35.1 Å². The Bertz CT molecular complexity index is 741. The van der Waals surface area contributed by atoms with E-state index >= 15 is 0 Å². The van der Waals surface area contributed by atoms with E-state index in [1.165, 1.54) is 16.3 Å². The number of hydrogen-bond donors (Lipinski definition) is 1. The van der Waals surface area contributed by atoms with E-state index in [2.05, 4.69) is 42.5 Å². The van der Waals surface area contributed by atoms with Crippen LogP contribution in [0, 0.1) is 5.92 Å². The van der Waals surface area contributed by atoms with Crippen molar-refractivity contribution in [3.63, 3.8) is 0 Å². The van der Waals surface area contributed by atoms with Crippen molar-refractivity contribution in [1.82, 2.24) is 0 Å². The summed E-state index contributed by atoms with van der Waals surface area (Å²) >= 11 is 1.84. The van der Waals surface area contributed by atoms with E-state index in [1.807, 2.05) is 18.7 Å². The lowest BCUT2D eigenvalue weighted by Crippen LogP contribution is -2.37. The van der Waals surface area contributed by atoms with Gasteiger partial charge < -0.3 is 5.11 Å². The van der Waals surface area contributed by atoms with Gasteiger partial charge in [0, 0.05) is 22.8 Å². The van der Waals surface area contributed by atoms with Crippen LogP contribution in [-0.2, 0) is 4.79 Å². The van der Waals surface area contributed by atoms with Crippen molar-refractivity contribution in [3.8, 4) is 0 Å². The predicted molar refractivity (Wildman–Crippen MR) is 95.9 cm³/mol. The van der Waals surface area contributed by atoms with Gasteiger partial charge in [-0.2, -0.15) is 11.8 Å². The van der Waals surface area contributed by atoms with E-state index in [9.17, 15) is 9.90 Å². The topological polar surface area (TPSA) is 37.3 Å². The van der Waals surface area contributed by atoms with Crippen molar-refractivity contribution in [2.24, 2.45) is 5.92 Å². The van der Waals surface area contributed by atoms with Crippen molar-refractivity contribution < 1.29 is 9.90 Å². The highest BCUT2D eigenvalue weighted by Crippen LogP contribution is 2.53. The molecule has 0 spiro atoms. The third kappa shape index (κ3) is 2.60. The Hall–Kier alpha value is -1.32. The molecule has 2 unspecified atom stereocenters. The standard InChI is InChI=1S/C20H22O2S/c1-2-17(21)19-16(10-15-11-18(22)20(19)23-15)14-8-7-12-5-3-4-6-13(12)9-14/h3-9,15-16,18-20,22H,2,10-11H2,1H3/t15?,16-,18?,19-,20-/m1/s1. The van der Waals surface area contributed by atoms with Crippen LogP contribution in [0.3, 0.4) is 0 Å². The summed E-state index contributed by atoms with van der Waals surface area (Å²) in [6.45, 7) is 1.94. The number of aliphatic hydroxyl groups is 1. The van der Waals surface area contributed by atoms with Crippen LogP contribution in [0.2, 0.25) is 0 Å². The minimum Gasteiger partial charge on any atom is -0.392 e. The minimum atomic E-state index is -0.323. The molecule has 2 saturated heterocycles. The van der Waals surface area contributed by atoms with Gasteiger partial charge in [-0.1, -0.05) is 49.4 Å². The van der Waals surface area contributed by atoms with E-state index < -0.39 is 0 Å². The molecule has 0 radical (unpaired) electrons. The molecule has 1 N–H and O–H groups in total. The summed E-state index contributed by atoms with van der Waals surface area (Å²) in [5.74, 6) is 0.514. The first-order valence-corrected chi connectivity index (χ1v) is 9.46. The third-order valence-corrected chi connectivity index (χ3v) is 7.15. The van der Waals surface area contributed by atoms with E-state index in [0.29, 0.717) is 17.5 Å². The highest BCUT2D eigenvalue weighted by Gasteiger charge is 2.50. The number of aliphatic hydroxyl groups excluding tert-OH is 1. The van der Waals surface area contributed by atoms with Crippen LogP contribution in [0.1, 0.15) is 37.7 Å². The molecule has 0 amide bonds. The van der Waals surface area contributed by atoms with Gasteiger partial charge >= 0.3 is 0 Å². The Kier molecular flexibility index (Phi) is 3.94. The number of ketones is 1.